The molecule has 88 valence electrons. The van der Waals surface area contributed by atoms with Gasteiger partial charge in [0.25, 0.3) is 0 Å². The average Bonchev–Trinajstić information content (AvgIpc) is 2.24. The normalized spacial score (nSPS) is 10.4. The van der Waals surface area contributed by atoms with E-state index >= 15 is 0 Å². The second-order valence-corrected chi connectivity index (χ2v) is 3.68. The van der Waals surface area contributed by atoms with Gasteiger partial charge >= 0.3 is 5.97 Å². The quantitative estimate of drug-likeness (QED) is 0.687. The molecule has 0 amide bonds. The zero-order valence-corrected chi connectivity index (χ0v) is 9.47. The van der Waals surface area contributed by atoms with Crippen molar-refractivity contribution in [3.63, 3.8) is 0 Å². The van der Waals surface area contributed by atoms with Crippen LogP contribution in [0.4, 0.5) is 5.82 Å². The van der Waals surface area contributed by atoms with Gasteiger partial charge in [0, 0.05) is 6.54 Å². The van der Waals surface area contributed by atoms with Crippen molar-refractivity contribution in [3.8, 4) is 0 Å². The monoisotopic (exact) mass is 224 g/mol. The van der Waals surface area contributed by atoms with E-state index in [9.17, 15) is 4.79 Å². The van der Waals surface area contributed by atoms with E-state index in [4.69, 9.17) is 5.11 Å². The Morgan fingerprint density at radius 1 is 1.50 bits per heavy atom. The first-order chi connectivity index (χ1) is 7.59. The SMILES string of the molecule is CN(C)CCCNc1cncc(C(=O)O)n1. The summed E-state index contributed by atoms with van der Waals surface area (Å²) in [5.74, 6) is -0.567. The summed E-state index contributed by atoms with van der Waals surface area (Å²) >= 11 is 0. The Bertz CT molecular complexity index is 354. The van der Waals surface area contributed by atoms with Crippen molar-refractivity contribution < 1.29 is 9.90 Å². The summed E-state index contributed by atoms with van der Waals surface area (Å²) in [6, 6.07) is 0. The number of carboxylic acid groups (broad SMARTS) is 1. The molecule has 0 aromatic carbocycles. The molecule has 0 aliphatic carbocycles. The van der Waals surface area contributed by atoms with Crippen molar-refractivity contribution in [2.45, 2.75) is 6.42 Å². The van der Waals surface area contributed by atoms with Crippen LogP contribution in [0.1, 0.15) is 16.9 Å². The molecule has 0 bridgehead atoms. The first kappa shape index (κ1) is 12.4. The minimum atomic E-state index is -1.07. The summed E-state index contributed by atoms with van der Waals surface area (Å²) in [7, 11) is 4.01. The van der Waals surface area contributed by atoms with Crippen molar-refractivity contribution in [3.05, 3.63) is 18.1 Å². The van der Waals surface area contributed by atoms with Crippen molar-refractivity contribution in [1.82, 2.24) is 14.9 Å². The first-order valence-electron chi connectivity index (χ1n) is 5.03. The van der Waals surface area contributed by atoms with Crippen LogP contribution in [0.25, 0.3) is 0 Å². The van der Waals surface area contributed by atoms with Crippen LogP contribution >= 0.6 is 0 Å². The van der Waals surface area contributed by atoms with Gasteiger partial charge in [0.1, 0.15) is 5.82 Å². The Balaban J connectivity index is 2.42. The Hall–Kier alpha value is -1.69. The third-order valence-corrected chi connectivity index (χ3v) is 1.94. The molecule has 0 aliphatic rings. The predicted octanol–water partition coefficient (Wildman–Crippen LogP) is 0.538. The number of anilines is 1. The maximum atomic E-state index is 10.6. The van der Waals surface area contributed by atoms with Gasteiger partial charge in [-0.15, -0.1) is 0 Å². The van der Waals surface area contributed by atoms with Gasteiger partial charge in [-0.3, -0.25) is 4.98 Å². The highest BCUT2D eigenvalue weighted by Crippen LogP contribution is 2.02. The number of carbonyl (C=O) groups is 1. The number of nitrogens with one attached hydrogen (secondary N) is 1. The van der Waals surface area contributed by atoms with Crippen LogP contribution in [0.15, 0.2) is 12.4 Å². The Morgan fingerprint density at radius 3 is 2.88 bits per heavy atom. The van der Waals surface area contributed by atoms with Crippen molar-refractivity contribution >= 4 is 11.8 Å². The van der Waals surface area contributed by atoms with Crippen molar-refractivity contribution in [2.24, 2.45) is 0 Å². The van der Waals surface area contributed by atoms with Crippen LogP contribution < -0.4 is 5.32 Å². The van der Waals surface area contributed by atoms with Crippen molar-refractivity contribution in [1.29, 1.82) is 0 Å². The molecule has 1 aromatic rings. The topological polar surface area (TPSA) is 78.4 Å². The highest BCUT2D eigenvalue weighted by atomic mass is 16.4. The molecule has 6 heteroatoms. The van der Waals surface area contributed by atoms with Gasteiger partial charge in [-0.2, -0.15) is 0 Å². The van der Waals surface area contributed by atoms with E-state index in [1.165, 1.54) is 12.4 Å². The maximum absolute atomic E-state index is 10.6. The molecule has 0 saturated carbocycles. The van der Waals surface area contributed by atoms with Crippen LogP contribution in [-0.2, 0) is 0 Å². The van der Waals surface area contributed by atoms with Crippen LogP contribution in [0.5, 0.6) is 0 Å². The second kappa shape index (κ2) is 6.02. The van der Waals surface area contributed by atoms with Crippen molar-refractivity contribution in [2.75, 3.05) is 32.5 Å². The molecule has 1 rings (SSSR count). The highest BCUT2D eigenvalue weighted by Gasteiger charge is 2.05. The molecule has 0 spiro atoms. The zero-order valence-electron chi connectivity index (χ0n) is 9.47. The molecule has 1 heterocycles. The lowest BCUT2D eigenvalue weighted by Gasteiger charge is -2.09. The summed E-state index contributed by atoms with van der Waals surface area (Å²) in [5, 5.41) is 11.7. The van der Waals surface area contributed by atoms with Gasteiger partial charge in [0.2, 0.25) is 0 Å². The van der Waals surface area contributed by atoms with Gasteiger partial charge in [0.05, 0.1) is 12.4 Å². The van der Waals surface area contributed by atoms with Crippen LogP contribution in [-0.4, -0.2) is 53.1 Å². The second-order valence-electron chi connectivity index (χ2n) is 3.68. The summed E-state index contributed by atoms with van der Waals surface area (Å²) in [4.78, 5) is 20.4. The van der Waals surface area contributed by atoms with Crippen LogP contribution in [0.3, 0.4) is 0 Å². The third-order valence-electron chi connectivity index (χ3n) is 1.94. The maximum Gasteiger partial charge on any atom is 0.356 e. The number of carboxylic acids is 1. The molecule has 1 aromatic heterocycles. The molecule has 2 N–H and O–H groups in total. The number of hydrogen-bond acceptors (Lipinski definition) is 5. The Labute approximate surface area is 94.3 Å². The number of rotatable bonds is 6. The molecule has 6 nitrogen and oxygen atoms in total. The lowest BCUT2D eigenvalue weighted by molar-refractivity contribution is 0.0690. The molecule has 0 saturated heterocycles. The lowest BCUT2D eigenvalue weighted by atomic mass is 10.4. The molecule has 0 fully saturated rings. The number of nitrogens with zero attached hydrogens (tertiary/aromatic N) is 3. The number of hydrogen-bond donors (Lipinski definition) is 2. The summed E-state index contributed by atoms with van der Waals surface area (Å²) in [6.07, 6.45) is 3.71. The summed E-state index contributed by atoms with van der Waals surface area (Å²) in [6.45, 7) is 1.72. The predicted molar refractivity (Wildman–Crippen MR) is 60.7 cm³/mol. The Morgan fingerprint density at radius 2 is 2.25 bits per heavy atom. The van der Waals surface area contributed by atoms with E-state index in [2.05, 4.69) is 20.2 Å². The molecular weight excluding hydrogens is 208 g/mol. The van der Waals surface area contributed by atoms with Gasteiger partial charge in [-0.25, -0.2) is 9.78 Å². The molecular formula is C10H16N4O2. The van der Waals surface area contributed by atoms with E-state index in [1.807, 2.05) is 14.1 Å². The molecule has 0 unspecified atom stereocenters. The van der Waals surface area contributed by atoms with Gasteiger partial charge in [0.15, 0.2) is 5.69 Å². The van der Waals surface area contributed by atoms with E-state index < -0.39 is 5.97 Å². The van der Waals surface area contributed by atoms with Crippen LogP contribution in [0, 0.1) is 0 Å². The van der Waals surface area contributed by atoms with E-state index in [-0.39, 0.29) is 5.69 Å². The Kier molecular flexibility index (Phi) is 4.65. The molecule has 0 aliphatic heterocycles. The molecule has 0 radical (unpaired) electrons. The largest absolute Gasteiger partial charge is 0.476 e. The first-order valence-corrected chi connectivity index (χ1v) is 5.03. The van der Waals surface area contributed by atoms with Gasteiger partial charge < -0.3 is 15.3 Å². The van der Waals surface area contributed by atoms with E-state index in [0.29, 0.717) is 5.82 Å². The van der Waals surface area contributed by atoms with Gasteiger partial charge in [-0.1, -0.05) is 0 Å². The highest BCUT2D eigenvalue weighted by molar-refractivity contribution is 5.85. The van der Waals surface area contributed by atoms with E-state index in [1.54, 1.807) is 0 Å². The van der Waals surface area contributed by atoms with Gasteiger partial charge in [-0.05, 0) is 27.1 Å². The summed E-state index contributed by atoms with van der Waals surface area (Å²) in [5.41, 5.74) is -0.0439. The number of aromatic nitrogens is 2. The van der Waals surface area contributed by atoms with Crippen LogP contribution in [0.2, 0.25) is 0 Å². The standard InChI is InChI=1S/C10H16N4O2/c1-14(2)5-3-4-12-9-7-11-6-8(13-9)10(15)16/h6-7H,3-5H2,1-2H3,(H,12,13)(H,15,16). The number of aromatic carboxylic acids is 1. The fraction of sp³-hybridized carbons (Fsp3) is 0.500. The molecule has 16 heavy (non-hydrogen) atoms. The fourth-order valence-corrected chi connectivity index (χ4v) is 1.17. The molecule has 0 atom stereocenters. The van der Waals surface area contributed by atoms with E-state index in [0.717, 1.165) is 19.5 Å². The fourth-order valence-electron chi connectivity index (χ4n) is 1.17. The minimum absolute atomic E-state index is 0.0439. The average molecular weight is 224 g/mol. The minimum Gasteiger partial charge on any atom is -0.476 e. The summed E-state index contributed by atoms with van der Waals surface area (Å²) < 4.78 is 0. The zero-order chi connectivity index (χ0) is 12.0. The third kappa shape index (κ3) is 4.22. The smallest absolute Gasteiger partial charge is 0.356 e. The lowest BCUT2D eigenvalue weighted by Crippen LogP contribution is -2.17.